The Labute approximate surface area is 143 Å². The molecule has 1 amide bonds. The fraction of sp³-hybridized carbons (Fsp3) is 0.111. The van der Waals surface area contributed by atoms with E-state index in [1.54, 1.807) is 37.3 Å². The molecule has 0 bridgehead atoms. The van der Waals surface area contributed by atoms with Crippen molar-refractivity contribution < 1.29 is 9.72 Å². The van der Waals surface area contributed by atoms with Crippen LogP contribution in [0.5, 0.6) is 0 Å². The van der Waals surface area contributed by atoms with Crippen molar-refractivity contribution >= 4 is 28.2 Å². The maximum atomic E-state index is 11.3. The second-order valence-electron chi connectivity index (χ2n) is 5.66. The number of para-hydroxylation sites is 1. The van der Waals surface area contributed by atoms with Gasteiger partial charge in [-0.3, -0.25) is 14.9 Å². The van der Waals surface area contributed by atoms with Gasteiger partial charge in [-0.15, -0.1) is 0 Å². The van der Waals surface area contributed by atoms with Gasteiger partial charge in [-0.25, -0.2) is 4.98 Å². The van der Waals surface area contributed by atoms with E-state index in [4.69, 9.17) is 5.73 Å². The third-order valence-electron chi connectivity index (χ3n) is 3.84. The Morgan fingerprint density at radius 1 is 1.24 bits per heavy atom. The molecule has 0 radical (unpaired) electrons. The van der Waals surface area contributed by atoms with Gasteiger partial charge >= 0.3 is 0 Å². The second kappa shape index (κ2) is 6.56. The summed E-state index contributed by atoms with van der Waals surface area (Å²) in [5, 5.41) is 15.2. The minimum Gasteiger partial charge on any atom is -0.380 e. The third kappa shape index (κ3) is 3.40. The number of rotatable bonds is 5. The molecule has 0 atom stereocenters. The molecule has 25 heavy (non-hydrogen) atoms. The Morgan fingerprint density at radius 3 is 2.72 bits per heavy atom. The summed E-state index contributed by atoms with van der Waals surface area (Å²) in [4.78, 5) is 26.4. The summed E-state index contributed by atoms with van der Waals surface area (Å²) in [6.07, 6.45) is 0. The molecule has 2 aromatic carbocycles. The first-order chi connectivity index (χ1) is 12.0. The lowest BCUT2D eigenvalue weighted by atomic mass is 10.1. The van der Waals surface area contributed by atoms with Crippen LogP contribution < -0.4 is 11.1 Å². The van der Waals surface area contributed by atoms with Crippen LogP contribution in [-0.2, 0) is 6.54 Å². The lowest BCUT2D eigenvalue weighted by Crippen LogP contribution is -2.11. The van der Waals surface area contributed by atoms with E-state index in [2.05, 4.69) is 10.3 Å². The Balaban J connectivity index is 1.96. The number of nitrogens with two attached hydrogens (primary N) is 1. The highest BCUT2D eigenvalue weighted by atomic mass is 16.6. The molecule has 0 unspecified atom stereocenters. The van der Waals surface area contributed by atoms with E-state index in [9.17, 15) is 14.9 Å². The smallest absolute Gasteiger partial charge is 0.295 e. The molecular weight excluding hydrogens is 320 g/mol. The lowest BCUT2D eigenvalue weighted by Gasteiger charge is -2.11. The van der Waals surface area contributed by atoms with Gasteiger partial charge in [0.25, 0.3) is 5.69 Å². The Hall–Kier alpha value is -3.48. The predicted octanol–water partition coefficient (Wildman–Crippen LogP) is 3.16. The highest BCUT2D eigenvalue weighted by Gasteiger charge is 2.15. The molecule has 0 aliphatic rings. The molecule has 0 aliphatic heterocycles. The molecular formula is C18H16N4O3. The van der Waals surface area contributed by atoms with E-state index in [1.165, 1.54) is 6.07 Å². The number of aryl methyl sites for hydroxylation is 1. The van der Waals surface area contributed by atoms with Crippen LogP contribution in [0.15, 0.2) is 48.5 Å². The van der Waals surface area contributed by atoms with E-state index < -0.39 is 10.8 Å². The number of non-ortho nitro benzene ring substituents is 1. The fourth-order valence-electron chi connectivity index (χ4n) is 2.69. The number of fused-ring (bicyclic) bond motifs is 1. The van der Waals surface area contributed by atoms with Crippen molar-refractivity contribution in [2.24, 2.45) is 5.73 Å². The van der Waals surface area contributed by atoms with Crippen molar-refractivity contribution in [3.63, 3.8) is 0 Å². The largest absolute Gasteiger partial charge is 0.380 e. The Morgan fingerprint density at radius 2 is 2.00 bits per heavy atom. The van der Waals surface area contributed by atoms with Gasteiger partial charge in [-0.2, -0.15) is 0 Å². The number of hydrogen-bond acceptors (Lipinski definition) is 5. The van der Waals surface area contributed by atoms with E-state index >= 15 is 0 Å². The minimum absolute atomic E-state index is 0.0278. The van der Waals surface area contributed by atoms with Crippen LogP contribution in [-0.4, -0.2) is 15.8 Å². The predicted molar refractivity (Wildman–Crippen MR) is 95.4 cm³/mol. The number of carbonyl (C=O) groups is 1. The second-order valence-corrected chi connectivity index (χ2v) is 5.66. The highest BCUT2D eigenvalue weighted by molar-refractivity contribution is 5.96. The number of pyridine rings is 1. The number of nitrogens with one attached hydrogen (secondary N) is 1. The van der Waals surface area contributed by atoms with Crippen LogP contribution in [0.25, 0.3) is 10.9 Å². The van der Waals surface area contributed by atoms with Gasteiger partial charge in [-0.1, -0.05) is 24.3 Å². The zero-order valence-corrected chi connectivity index (χ0v) is 13.5. The quantitative estimate of drug-likeness (QED) is 0.549. The lowest BCUT2D eigenvalue weighted by molar-refractivity contribution is -0.383. The molecule has 0 saturated carbocycles. The molecule has 0 saturated heterocycles. The summed E-state index contributed by atoms with van der Waals surface area (Å²) in [7, 11) is 0. The molecule has 1 aromatic heterocycles. The molecule has 126 valence electrons. The van der Waals surface area contributed by atoms with Crippen molar-refractivity contribution in [3.8, 4) is 0 Å². The average Bonchev–Trinajstić information content (AvgIpc) is 2.59. The third-order valence-corrected chi connectivity index (χ3v) is 3.84. The molecule has 0 aliphatic carbocycles. The molecule has 7 heteroatoms. The molecule has 0 fully saturated rings. The summed E-state index contributed by atoms with van der Waals surface area (Å²) in [5.41, 5.74) is 8.35. The number of primary amides is 1. The van der Waals surface area contributed by atoms with Crippen LogP contribution in [0, 0.1) is 17.0 Å². The summed E-state index contributed by atoms with van der Waals surface area (Å²) < 4.78 is 0. The van der Waals surface area contributed by atoms with E-state index in [0.717, 1.165) is 11.3 Å². The summed E-state index contributed by atoms with van der Waals surface area (Å²) >= 11 is 0. The summed E-state index contributed by atoms with van der Waals surface area (Å²) in [6, 6.07) is 13.7. The number of aromatic nitrogens is 1. The summed E-state index contributed by atoms with van der Waals surface area (Å²) in [5.74, 6) is -0.484. The molecule has 3 aromatic rings. The highest BCUT2D eigenvalue weighted by Crippen LogP contribution is 2.30. The number of nitro groups is 1. The maximum absolute atomic E-state index is 11.3. The average molecular weight is 336 g/mol. The maximum Gasteiger partial charge on any atom is 0.295 e. The minimum atomic E-state index is -0.484. The van der Waals surface area contributed by atoms with Crippen LogP contribution in [0.3, 0.4) is 0 Å². The number of nitrogens with zero attached hydrogens (tertiary/aromatic N) is 2. The first kappa shape index (κ1) is 16.4. The Kier molecular flexibility index (Phi) is 4.30. The van der Waals surface area contributed by atoms with Gasteiger partial charge in [0.1, 0.15) is 0 Å². The van der Waals surface area contributed by atoms with Gasteiger partial charge in [0.05, 0.1) is 4.92 Å². The van der Waals surface area contributed by atoms with Gasteiger partial charge in [0, 0.05) is 34.9 Å². The number of benzene rings is 2. The zero-order chi connectivity index (χ0) is 18.0. The first-order valence-corrected chi connectivity index (χ1v) is 7.63. The SMILES string of the molecule is Cc1cc(NCc2cccc(C(N)=O)c2)c2cccc([N+](=O)[O-])c2n1. The van der Waals surface area contributed by atoms with Gasteiger partial charge in [0.2, 0.25) is 5.91 Å². The first-order valence-electron chi connectivity index (χ1n) is 7.63. The number of anilines is 1. The van der Waals surface area contributed by atoms with Crippen molar-refractivity contribution in [1.29, 1.82) is 0 Å². The molecule has 3 N–H and O–H groups in total. The zero-order valence-electron chi connectivity index (χ0n) is 13.5. The topological polar surface area (TPSA) is 111 Å². The fourth-order valence-corrected chi connectivity index (χ4v) is 2.69. The van der Waals surface area contributed by atoms with Crippen molar-refractivity contribution in [3.05, 3.63) is 75.5 Å². The van der Waals surface area contributed by atoms with Crippen molar-refractivity contribution in [2.75, 3.05) is 5.32 Å². The van der Waals surface area contributed by atoms with Crippen molar-refractivity contribution in [2.45, 2.75) is 13.5 Å². The van der Waals surface area contributed by atoms with Crippen molar-refractivity contribution in [1.82, 2.24) is 4.98 Å². The van der Waals surface area contributed by atoms with Crippen LogP contribution in [0.2, 0.25) is 0 Å². The van der Waals surface area contributed by atoms with E-state index in [1.807, 2.05) is 12.1 Å². The Bertz CT molecular complexity index is 985. The number of hydrogen-bond donors (Lipinski definition) is 2. The van der Waals surface area contributed by atoms with Crippen LogP contribution in [0.4, 0.5) is 11.4 Å². The number of carbonyl (C=O) groups excluding carboxylic acids is 1. The molecule has 0 spiro atoms. The van der Waals surface area contributed by atoms with Gasteiger partial charge < -0.3 is 11.1 Å². The van der Waals surface area contributed by atoms with E-state index in [-0.39, 0.29) is 5.69 Å². The van der Waals surface area contributed by atoms with Gasteiger partial charge in [-0.05, 0) is 30.7 Å². The molecule has 1 heterocycles. The normalized spacial score (nSPS) is 10.6. The van der Waals surface area contributed by atoms with Crippen LogP contribution in [0.1, 0.15) is 21.6 Å². The molecule has 7 nitrogen and oxygen atoms in total. The van der Waals surface area contributed by atoms with Crippen LogP contribution >= 0.6 is 0 Å². The molecule has 3 rings (SSSR count). The number of amides is 1. The van der Waals surface area contributed by atoms with E-state index in [0.29, 0.717) is 28.7 Å². The van der Waals surface area contributed by atoms with Gasteiger partial charge in [0.15, 0.2) is 5.52 Å². The number of nitro benzene ring substituents is 1. The monoisotopic (exact) mass is 336 g/mol. The standard InChI is InChI=1S/C18H16N4O3/c1-11-8-15(14-6-3-7-16(22(24)25)17(14)21-11)20-10-12-4-2-5-13(9-12)18(19)23/h2-9H,10H2,1H3,(H2,19,23)(H,20,21). The summed E-state index contributed by atoms with van der Waals surface area (Å²) in [6.45, 7) is 2.23.